The number of anilines is 1. The van der Waals surface area contributed by atoms with Crippen LogP contribution in [-0.4, -0.2) is 25.9 Å². The van der Waals surface area contributed by atoms with Crippen LogP contribution in [0.4, 0.5) is 5.69 Å². The van der Waals surface area contributed by atoms with Gasteiger partial charge in [-0.05, 0) is 43.4 Å². The summed E-state index contributed by atoms with van der Waals surface area (Å²) < 4.78 is 27.1. The van der Waals surface area contributed by atoms with E-state index in [1.165, 1.54) is 19.2 Å². The van der Waals surface area contributed by atoms with Crippen molar-refractivity contribution in [3.05, 3.63) is 48.3 Å². The van der Waals surface area contributed by atoms with Gasteiger partial charge in [0.25, 0.3) is 5.91 Å². The number of sulfonamides is 1. The number of carbonyl (C=O) groups is 1. The van der Waals surface area contributed by atoms with Crippen LogP contribution < -0.4 is 10.0 Å². The zero-order valence-corrected chi connectivity index (χ0v) is 11.9. The zero-order valence-electron chi connectivity index (χ0n) is 11.1. The third kappa shape index (κ3) is 2.89. The number of aryl methyl sites for hydroxylation is 1. The van der Waals surface area contributed by atoms with Crippen molar-refractivity contribution >= 4 is 21.6 Å². The molecule has 0 unspecified atom stereocenters. The molecule has 0 bridgehead atoms. The standard InChI is InChI=1S/C13H15N3O3S/c1-14-20(18,19)11-7-5-10(6-8-11)15-13(17)12-4-3-9-16(12)2/h3-9,14H,1-2H3,(H,15,17). The molecule has 1 aromatic carbocycles. The summed E-state index contributed by atoms with van der Waals surface area (Å²) in [5.41, 5.74) is 1.06. The van der Waals surface area contributed by atoms with Gasteiger partial charge in [-0.3, -0.25) is 4.79 Å². The highest BCUT2D eigenvalue weighted by Crippen LogP contribution is 2.14. The molecule has 2 aromatic rings. The first kappa shape index (κ1) is 14.3. The van der Waals surface area contributed by atoms with Crippen molar-refractivity contribution in [3.63, 3.8) is 0 Å². The lowest BCUT2D eigenvalue weighted by molar-refractivity contribution is 0.101. The van der Waals surface area contributed by atoms with Crippen LogP contribution in [0.15, 0.2) is 47.5 Å². The van der Waals surface area contributed by atoms with Crippen molar-refractivity contribution in [1.82, 2.24) is 9.29 Å². The molecule has 0 atom stereocenters. The molecule has 2 rings (SSSR count). The summed E-state index contributed by atoms with van der Waals surface area (Å²) in [7, 11) is -0.337. The van der Waals surface area contributed by atoms with Crippen molar-refractivity contribution in [2.75, 3.05) is 12.4 Å². The van der Waals surface area contributed by atoms with Crippen molar-refractivity contribution < 1.29 is 13.2 Å². The van der Waals surface area contributed by atoms with E-state index < -0.39 is 10.0 Å². The number of nitrogens with zero attached hydrogens (tertiary/aromatic N) is 1. The Kier molecular flexibility index (Phi) is 3.91. The maximum absolute atomic E-state index is 12.0. The number of benzene rings is 1. The molecule has 1 heterocycles. The van der Waals surface area contributed by atoms with Crippen LogP contribution >= 0.6 is 0 Å². The molecule has 0 aliphatic rings. The van der Waals surface area contributed by atoms with Crippen LogP contribution in [0.3, 0.4) is 0 Å². The monoisotopic (exact) mass is 293 g/mol. The Morgan fingerprint density at radius 1 is 1.15 bits per heavy atom. The third-order valence-corrected chi connectivity index (χ3v) is 4.30. The number of hydrogen-bond acceptors (Lipinski definition) is 3. The van der Waals surface area contributed by atoms with Crippen LogP contribution in [-0.2, 0) is 17.1 Å². The molecule has 1 aromatic heterocycles. The summed E-state index contributed by atoms with van der Waals surface area (Å²) in [4.78, 5) is 12.1. The van der Waals surface area contributed by atoms with Gasteiger partial charge in [-0.2, -0.15) is 0 Å². The molecule has 106 valence electrons. The summed E-state index contributed by atoms with van der Waals surface area (Å²) in [5, 5.41) is 2.71. The number of nitrogens with one attached hydrogen (secondary N) is 2. The minimum Gasteiger partial charge on any atom is -0.347 e. The predicted molar refractivity (Wildman–Crippen MR) is 76.1 cm³/mol. The van der Waals surface area contributed by atoms with E-state index in [-0.39, 0.29) is 10.8 Å². The van der Waals surface area contributed by atoms with Crippen LogP contribution in [0.1, 0.15) is 10.5 Å². The number of hydrogen-bond donors (Lipinski definition) is 2. The van der Waals surface area contributed by atoms with Gasteiger partial charge in [0.15, 0.2) is 0 Å². The summed E-state index contributed by atoms with van der Waals surface area (Å²) in [6.07, 6.45) is 1.78. The van der Waals surface area contributed by atoms with Gasteiger partial charge in [0, 0.05) is 18.9 Å². The number of rotatable bonds is 4. The van der Waals surface area contributed by atoms with Gasteiger partial charge < -0.3 is 9.88 Å². The summed E-state index contributed by atoms with van der Waals surface area (Å²) >= 11 is 0. The van der Waals surface area contributed by atoms with Crippen molar-refractivity contribution in [1.29, 1.82) is 0 Å². The van der Waals surface area contributed by atoms with E-state index in [0.29, 0.717) is 11.4 Å². The smallest absolute Gasteiger partial charge is 0.272 e. The highest BCUT2D eigenvalue weighted by molar-refractivity contribution is 7.89. The largest absolute Gasteiger partial charge is 0.347 e. The normalized spacial score (nSPS) is 11.3. The van der Waals surface area contributed by atoms with Gasteiger partial charge in [0.1, 0.15) is 5.69 Å². The van der Waals surface area contributed by atoms with Crippen molar-refractivity contribution in [2.45, 2.75) is 4.90 Å². The topological polar surface area (TPSA) is 80.2 Å². The summed E-state index contributed by atoms with van der Waals surface area (Å²) in [6, 6.07) is 9.45. The summed E-state index contributed by atoms with van der Waals surface area (Å²) in [6.45, 7) is 0. The van der Waals surface area contributed by atoms with Gasteiger partial charge in [-0.15, -0.1) is 0 Å². The van der Waals surface area contributed by atoms with E-state index in [9.17, 15) is 13.2 Å². The molecule has 0 saturated heterocycles. The second kappa shape index (κ2) is 5.48. The molecule has 0 fully saturated rings. The molecule has 0 saturated carbocycles. The Hall–Kier alpha value is -2.12. The first-order valence-electron chi connectivity index (χ1n) is 5.90. The summed E-state index contributed by atoms with van der Waals surface area (Å²) in [5.74, 6) is -0.248. The maximum Gasteiger partial charge on any atom is 0.272 e. The Bertz CT molecular complexity index is 718. The lowest BCUT2D eigenvalue weighted by Gasteiger charge is -2.07. The zero-order chi connectivity index (χ0) is 14.8. The van der Waals surface area contributed by atoms with Crippen LogP contribution in [0.5, 0.6) is 0 Å². The Labute approximate surface area is 117 Å². The molecule has 0 aliphatic carbocycles. The highest BCUT2D eigenvalue weighted by atomic mass is 32.2. The number of carbonyl (C=O) groups excluding carboxylic acids is 1. The Morgan fingerprint density at radius 3 is 2.30 bits per heavy atom. The predicted octanol–water partition coefficient (Wildman–Crippen LogP) is 1.19. The molecule has 1 amide bonds. The molecule has 0 aliphatic heterocycles. The molecule has 2 N–H and O–H groups in total. The van der Waals surface area contributed by atoms with Gasteiger partial charge >= 0.3 is 0 Å². The second-order valence-corrected chi connectivity index (χ2v) is 6.08. The van der Waals surface area contributed by atoms with E-state index in [4.69, 9.17) is 0 Å². The average molecular weight is 293 g/mol. The third-order valence-electron chi connectivity index (χ3n) is 2.87. The van der Waals surface area contributed by atoms with Crippen LogP contribution in [0.25, 0.3) is 0 Å². The SMILES string of the molecule is CNS(=O)(=O)c1ccc(NC(=O)c2cccn2C)cc1. The van der Waals surface area contributed by atoms with E-state index in [1.807, 2.05) is 0 Å². The van der Waals surface area contributed by atoms with Gasteiger partial charge in [0.05, 0.1) is 4.90 Å². The number of amides is 1. The fourth-order valence-corrected chi connectivity index (χ4v) is 2.46. The van der Waals surface area contributed by atoms with E-state index in [2.05, 4.69) is 10.0 Å². The van der Waals surface area contributed by atoms with E-state index in [0.717, 1.165) is 0 Å². The quantitative estimate of drug-likeness (QED) is 0.888. The minimum atomic E-state index is -3.46. The molecular weight excluding hydrogens is 278 g/mol. The Morgan fingerprint density at radius 2 is 1.80 bits per heavy atom. The van der Waals surface area contributed by atoms with Crippen LogP contribution in [0.2, 0.25) is 0 Å². The lowest BCUT2D eigenvalue weighted by Crippen LogP contribution is -2.19. The van der Waals surface area contributed by atoms with Crippen LogP contribution in [0, 0.1) is 0 Å². The first-order chi connectivity index (χ1) is 9.44. The first-order valence-corrected chi connectivity index (χ1v) is 7.38. The molecular formula is C13H15N3O3S. The highest BCUT2D eigenvalue weighted by Gasteiger charge is 2.12. The molecule has 20 heavy (non-hydrogen) atoms. The fourth-order valence-electron chi connectivity index (χ4n) is 1.73. The lowest BCUT2D eigenvalue weighted by atomic mass is 10.3. The molecule has 7 heteroatoms. The number of aromatic nitrogens is 1. The van der Waals surface area contributed by atoms with Crippen molar-refractivity contribution in [3.8, 4) is 0 Å². The van der Waals surface area contributed by atoms with Gasteiger partial charge in [0.2, 0.25) is 10.0 Å². The molecule has 0 radical (unpaired) electrons. The van der Waals surface area contributed by atoms with Gasteiger partial charge in [-0.1, -0.05) is 0 Å². The molecule has 0 spiro atoms. The van der Waals surface area contributed by atoms with Gasteiger partial charge in [-0.25, -0.2) is 13.1 Å². The van der Waals surface area contributed by atoms with Crippen molar-refractivity contribution in [2.24, 2.45) is 7.05 Å². The van der Waals surface area contributed by atoms with E-state index >= 15 is 0 Å². The van der Waals surface area contributed by atoms with E-state index in [1.54, 1.807) is 42.1 Å². The minimum absolute atomic E-state index is 0.150. The molecule has 6 nitrogen and oxygen atoms in total. The second-order valence-electron chi connectivity index (χ2n) is 4.19. The maximum atomic E-state index is 12.0. The fraction of sp³-hybridized carbons (Fsp3) is 0.154. The Balaban J connectivity index is 2.16. The average Bonchev–Trinajstić information content (AvgIpc) is 2.85.